The van der Waals surface area contributed by atoms with Crippen LogP contribution in [-0.4, -0.2) is 92.5 Å². The summed E-state index contributed by atoms with van der Waals surface area (Å²) in [7, 11) is 2.54. The predicted octanol–water partition coefficient (Wildman–Crippen LogP) is 5.26. The topological polar surface area (TPSA) is 153 Å². The Labute approximate surface area is 308 Å². The second-order valence-corrected chi connectivity index (χ2v) is 14.0. The lowest BCUT2D eigenvalue weighted by molar-refractivity contribution is -0.136. The first-order chi connectivity index (χ1) is 25.5. The van der Waals surface area contributed by atoms with Crippen LogP contribution in [-0.2, 0) is 45.2 Å². The molecule has 6 rings (SSSR count). The Bertz CT molecular complexity index is 2000. The van der Waals surface area contributed by atoms with Crippen molar-refractivity contribution in [3.63, 3.8) is 0 Å². The van der Waals surface area contributed by atoms with Crippen LogP contribution in [0.25, 0.3) is 33.6 Å². The number of benzene rings is 2. The summed E-state index contributed by atoms with van der Waals surface area (Å²) in [5.74, 6) is 0.705. The number of ether oxygens (including phenoxy) is 2. The van der Waals surface area contributed by atoms with Gasteiger partial charge in [0.05, 0.1) is 57.0 Å². The number of methoxy groups -OCH3 is 2. The second-order valence-electron chi connectivity index (χ2n) is 14.0. The van der Waals surface area contributed by atoms with E-state index < -0.39 is 24.1 Å². The summed E-state index contributed by atoms with van der Waals surface area (Å²) in [5, 5.41) is 2.67. The molecule has 0 fully saturated rings. The number of alkyl carbamates (subject to hydrolysis) is 1. The standard InChI is InChI=1S/C39H46N8O6/c1-24(2)30(19-42-38(50)52-5)36(48)44-15-17-46-31(20-40-33(46)22-44)28-11-7-26(8-12-28)27-9-13-29(14-10-27)32-21-41-34-23-45(16-18-47(32)34)37(49)35(25(3)4)43-39(51)53-6/h7-14,19-21,24-25,30,35H,15-18,22-23H2,1-6H3,(H,43,51)/t30?,35-/m0/s1. The van der Waals surface area contributed by atoms with Crippen LogP contribution in [0.1, 0.15) is 39.3 Å². The van der Waals surface area contributed by atoms with E-state index in [1.165, 1.54) is 20.4 Å². The zero-order valence-electron chi connectivity index (χ0n) is 31.0. The Balaban J connectivity index is 1.10. The van der Waals surface area contributed by atoms with Crippen LogP contribution in [0.5, 0.6) is 0 Å². The van der Waals surface area contributed by atoms with Crippen molar-refractivity contribution in [2.75, 3.05) is 27.3 Å². The third kappa shape index (κ3) is 7.86. The third-order valence-corrected chi connectivity index (χ3v) is 9.96. The number of aliphatic imine (C=N–C) groups is 1. The molecule has 2 aromatic carbocycles. The number of fused-ring (bicyclic) bond motifs is 2. The van der Waals surface area contributed by atoms with Crippen molar-refractivity contribution in [3.8, 4) is 33.6 Å². The van der Waals surface area contributed by atoms with Gasteiger partial charge in [-0.3, -0.25) is 9.59 Å². The van der Waals surface area contributed by atoms with Gasteiger partial charge in [-0.2, -0.15) is 4.99 Å². The highest BCUT2D eigenvalue weighted by Crippen LogP contribution is 2.31. The molecule has 0 saturated carbocycles. The maximum atomic E-state index is 13.4. The van der Waals surface area contributed by atoms with Crippen molar-refractivity contribution in [3.05, 3.63) is 72.6 Å². The third-order valence-electron chi connectivity index (χ3n) is 9.96. The number of aromatic nitrogens is 4. The molecule has 2 aliphatic heterocycles. The van der Waals surface area contributed by atoms with Crippen molar-refractivity contribution >= 4 is 30.2 Å². The highest BCUT2D eigenvalue weighted by Gasteiger charge is 2.33. The normalized spacial score (nSPS) is 15.2. The number of carbonyl (C=O) groups excluding carboxylic acids is 4. The van der Waals surface area contributed by atoms with E-state index in [4.69, 9.17) is 4.74 Å². The lowest BCUT2D eigenvalue weighted by Crippen LogP contribution is -2.52. The first-order valence-corrected chi connectivity index (χ1v) is 17.8. The Morgan fingerprint density at radius 3 is 1.58 bits per heavy atom. The summed E-state index contributed by atoms with van der Waals surface area (Å²) in [5.41, 5.74) is 6.20. The molecule has 0 spiro atoms. The summed E-state index contributed by atoms with van der Waals surface area (Å²) in [6.07, 6.45) is 3.75. The van der Waals surface area contributed by atoms with E-state index in [1.807, 2.05) is 40.1 Å². The van der Waals surface area contributed by atoms with Gasteiger partial charge in [-0.1, -0.05) is 76.2 Å². The molecule has 2 atom stereocenters. The first-order valence-electron chi connectivity index (χ1n) is 17.8. The van der Waals surface area contributed by atoms with Gasteiger partial charge in [-0.05, 0) is 34.1 Å². The van der Waals surface area contributed by atoms with E-state index in [0.717, 1.165) is 45.3 Å². The zero-order valence-corrected chi connectivity index (χ0v) is 31.0. The lowest BCUT2D eigenvalue weighted by Gasteiger charge is -2.32. The summed E-state index contributed by atoms with van der Waals surface area (Å²) in [6, 6.07) is 16.1. The molecule has 1 unspecified atom stereocenters. The van der Waals surface area contributed by atoms with Crippen molar-refractivity contribution < 1.29 is 28.7 Å². The van der Waals surface area contributed by atoms with Crippen LogP contribution in [0, 0.1) is 17.8 Å². The Morgan fingerprint density at radius 1 is 0.679 bits per heavy atom. The summed E-state index contributed by atoms with van der Waals surface area (Å²) < 4.78 is 13.6. The predicted molar refractivity (Wildman–Crippen MR) is 199 cm³/mol. The van der Waals surface area contributed by atoms with E-state index >= 15 is 0 Å². The molecular formula is C39H46N8O6. The molecular weight excluding hydrogens is 676 g/mol. The van der Waals surface area contributed by atoms with E-state index in [9.17, 15) is 19.2 Å². The summed E-state index contributed by atoms with van der Waals surface area (Å²) in [6.45, 7) is 10.6. The van der Waals surface area contributed by atoms with Gasteiger partial charge in [-0.25, -0.2) is 19.6 Å². The molecule has 0 aliphatic carbocycles. The minimum absolute atomic E-state index is 0.0351. The second kappa shape index (κ2) is 15.8. The van der Waals surface area contributed by atoms with Crippen LogP contribution in [0.4, 0.5) is 9.59 Å². The molecule has 4 amide bonds. The molecule has 1 N–H and O–H groups in total. The molecule has 14 nitrogen and oxygen atoms in total. The van der Waals surface area contributed by atoms with Crippen molar-refractivity contribution in [2.24, 2.45) is 22.7 Å². The van der Waals surface area contributed by atoms with Crippen LogP contribution in [0.2, 0.25) is 0 Å². The van der Waals surface area contributed by atoms with Gasteiger partial charge in [0, 0.05) is 32.4 Å². The fourth-order valence-electron chi connectivity index (χ4n) is 6.85. The number of nitrogens with zero attached hydrogens (tertiary/aromatic N) is 7. The number of hydrogen-bond acceptors (Lipinski definition) is 8. The van der Waals surface area contributed by atoms with Crippen molar-refractivity contribution in [2.45, 2.75) is 59.9 Å². The fourth-order valence-corrected chi connectivity index (χ4v) is 6.85. The highest BCUT2D eigenvalue weighted by atomic mass is 16.5. The molecule has 4 heterocycles. The molecule has 2 aliphatic rings. The molecule has 0 radical (unpaired) electrons. The molecule has 278 valence electrons. The van der Waals surface area contributed by atoms with E-state index in [1.54, 1.807) is 9.80 Å². The molecule has 4 aromatic rings. The van der Waals surface area contributed by atoms with Gasteiger partial charge in [0.1, 0.15) is 17.7 Å². The monoisotopic (exact) mass is 722 g/mol. The number of rotatable bonds is 9. The molecule has 14 heteroatoms. The molecule has 0 saturated heterocycles. The number of carbonyl (C=O) groups is 4. The zero-order chi connectivity index (χ0) is 37.8. The summed E-state index contributed by atoms with van der Waals surface area (Å²) >= 11 is 0. The maximum absolute atomic E-state index is 13.4. The van der Waals surface area contributed by atoms with E-state index in [2.05, 4.69) is 82.7 Å². The van der Waals surface area contributed by atoms with Gasteiger partial charge in [0.2, 0.25) is 11.8 Å². The maximum Gasteiger partial charge on any atom is 0.432 e. The van der Waals surface area contributed by atoms with Gasteiger partial charge in [0.15, 0.2) is 0 Å². The Kier molecular flexibility index (Phi) is 11.1. The van der Waals surface area contributed by atoms with Crippen LogP contribution in [0.3, 0.4) is 0 Å². The Morgan fingerprint density at radius 2 is 1.15 bits per heavy atom. The molecule has 2 aromatic heterocycles. The fraction of sp³-hybridized carbons (Fsp3) is 0.410. The SMILES string of the molecule is COC(=O)N=CC(C(=O)N1CCn2c(-c3ccc(-c4ccc(-c5cnc6n5CCN(C(=O)[C@@H](NC(=O)OC)C(C)C)C6)cc4)cc3)cnc2C1)C(C)C. The minimum atomic E-state index is -0.726. The molecule has 0 bridgehead atoms. The smallest absolute Gasteiger partial charge is 0.432 e. The minimum Gasteiger partial charge on any atom is -0.453 e. The van der Waals surface area contributed by atoms with E-state index in [0.29, 0.717) is 39.3 Å². The first kappa shape index (κ1) is 37.0. The van der Waals surface area contributed by atoms with Gasteiger partial charge < -0.3 is 33.7 Å². The average Bonchev–Trinajstić information content (AvgIpc) is 3.80. The van der Waals surface area contributed by atoms with Crippen LogP contribution < -0.4 is 5.32 Å². The highest BCUT2D eigenvalue weighted by molar-refractivity contribution is 5.96. The largest absolute Gasteiger partial charge is 0.453 e. The van der Waals surface area contributed by atoms with Crippen LogP contribution >= 0.6 is 0 Å². The van der Waals surface area contributed by atoms with Gasteiger partial charge in [-0.15, -0.1) is 0 Å². The summed E-state index contributed by atoms with van der Waals surface area (Å²) in [4.78, 5) is 66.7. The number of amides is 4. The van der Waals surface area contributed by atoms with Crippen LogP contribution in [0.15, 0.2) is 65.9 Å². The molecule has 53 heavy (non-hydrogen) atoms. The van der Waals surface area contributed by atoms with Crippen molar-refractivity contribution in [1.82, 2.24) is 34.2 Å². The number of imidazole rings is 2. The van der Waals surface area contributed by atoms with Crippen molar-refractivity contribution in [1.29, 1.82) is 0 Å². The van der Waals surface area contributed by atoms with Gasteiger partial charge in [0.25, 0.3) is 0 Å². The Hall–Kier alpha value is -5.79. The average molecular weight is 723 g/mol. The number of hydrogen-bond donors (Lipinski definition) is 1. The van der Waals surface area contributed by atoms with E-state index in [-0.39, 0.29) is 23.7 Å². The lowest BCUT2D eigenvalue weighted by atomic mass is 9.95. The quantitative estimate of drug-likeness (QED) is 0.230. The van der Waals surface area contributed by atoms with Gasteiger partial charge >= 0.3 is 12.2 Å². The number of nitrogens with one attached hydrogen (secondary N) is 1.